The second-order valence-electron chi connectivity index (χ2n) is 4.40. The van der Waals surface area contributed by atoms with Crippen LogP contribution in [0.1, 0.15) is 23.4 Å². The van der Waals surface area contributed by atoms with Crippen molar-refractivity contribution >= 4 is 27.7 Å². The molecule has 0 atom stereocenters. The monoisotopic (exact) mass is 330 g/mol. The maximum atomic E-state index is 11.8. The number of halogens is 1. The fourth-order valence-electron chi connectivity index (χ4n) is 1.91. The number of nitrogens with one attached hydrogen (secondary N) is 1. The van der Waals surface area contributed by atoms with Crippen molar-refractivity contribution in [3.05, 3.63) is 22.6 Å². The SMILES string of the molecule is O=C(NCC(=O)N1CCC(O)CC1)c1ccc(Br)o1. The lowest BCUT2D eigenvalue weighted by molar-refractivity contribution is -0.132. The van der Waals surface area contributed by atoms with Crippen LogP contribution in [0.4, 0.5) is 0 Å². The molecule has 1 aliphatic heterocycles. The van der Waals surface area contributed by atoms with E-state index < -0.39 is 5.91 Å². The van der Waals surface area contributed by atoms with Gasteiger partial charge in [0, 0.05) is 13.1 Å². The summed E-state index contributed by atoms with van der Waals surface area (Å²) in [6.45, 7) is 0.998. The molecule has 19 heavy (non-hydrogen) atoms. The van der Waals surface area contributed by atoms with Crippen LogP contribution in [0.15, 0.2) is 21.2 Å². The van der Waals surface area contributed by atoms with Gasteiger partial charge in [0.25, 0.3) is 5.91 Å². The molecular weight excluding hydrogens is 316 g/mol. The van der Waals surface area contributed by atoms with Crippen molar-refractivity contribution in [1.29, 1.82) is 0 Å². The van der Waals surface area contributed by atoms with Crippen molar-refractivity contribution in [2.24, 2.45) is 0 Å². The molecule has 1 saturated heterocycles. The van der Waals surface area contributed by atoms with Gasteiger partial charge in [-0.2, -0.15) is 0 Å². The van der Waals surface area contributed by atoms with Crippen LogP contribution in [0.3, 0.4) is 0 Å². The maximum Gasteiger partial charge on any atom is 0.287 e. The zero-order valence-electron chi connectivity index (χ0n) is 10.3. The Morgan fingerprint density at radius 3 is 2.68 bits per heavy atom. The number of nitrogens with zero attached hydrogens (tertiary/aromatic N) is 1. The molecule has 7 heteroatoms. The number of carbonyl (C=O) groups excluding carboxylic acids is 2. The molecule has 0 radical (unpaired) electrons. The number of aliphatic hydroxyl groups excluding tert-OH is 1. The van der Waals surface area contributed by atoms with Gasteiger partial charge in [-0.05, 0) is 40.9 Å². The molecule has 0 spiro atoms. The molecule has 0 saturated carbocycles. The highest BCUT2D eigenvalue weighted by Crippen LogP contribution is 2.14. The zero-order valence-corrected chi connectivity index (χ0v) is 11.9. The molecule has 0 aromatic carbocycles. The van der Waals surface area contributed by atoms with Crippen LogP contribution in [-0.4, -0.2) is 47.6 Å². The molecule has 2 N–H and O–H groups in total. The quantitative estimate of drug-likeness (QED) is 0.856. The van der Waals surface area contributed by atoms with Crippen LogP contribution < -0.4 is 5.32 Å². The van der Waals surface area contributed by atoms with Crippen LogP contribution >= 0.6 is 15.9 Å². The van der Waals surface area contributed by atoms with E-state index in [9.17, 15) is 14.7 Å². The Morgan fingerprint density at radius 1 is 1.42 bits per heavy atom. The lowest BCUT2D eigenvalue weighted by atomic mass is 10.1. The molecule has 1 fully saturated rings. The molecule has 0 aliphatic carbocycles. The predicted octanol–water partition coefficient (Wildman–Crippen LogP) is 0.755. The Kier molecular flexibility index (Phi) is 4.60. The van der Waals surface area contributed by atoms with Gasteiger partial charge in [-0.3, -0.25) is 9.59 Å². The van der Waals surface area contributed by atoms with Crippen LogP contribution in [0.5, 0.6) is 0 Å². The van der Waals surface area contributed by atoms with E-state index in [2.05, 4.69) is 21.2 Å². The highest BCUT2D eigenvalue weighted by Gasteiger charge is 2.21. The molecule has 104 valence electrons. The molecule has 2 amide bonds. The van der Waals surface area contributed by atoms with Crippen LogP contribution in [-0.2, 0) is 4.79 Å². The Hall–Kier alpha value is -1.34. The minimum absolute atomic E-state index is 0.0623. The van der Waals surface area contributed by atoms with Crippen molar-refractivity contribution in [2.75, 3.05) is 19.6 Å². The number of aliphatic hydroxyl groups is 1. The van der Waals surface area contributed by atoms with Crippen molar-refractivity contribution in [3.8, 4) is 0 Å². The summed E-state index contributed by atoms with van der Waals surface area (Å²) in [5, 5.41) is 11.9. The summed E-state index contributed by atoms with van der Waals surface area (Å²) < 4.78 is 5.55. The average Bonchev–Trinajstić information content (AvgIpc) is 2.83. The van der Waals surface area contributed by atoms with E-state index in [-0.39, 0.29) is 24.3 Å². The number of hydrogen-bond acceptors (Lipinski definition) is 4. The summed E-state index contributed by atoms with van der Waals surface area (Å²) in [4.78, 5) is 25.1. The van der Waals surface area contributed by atoms with E-state index in [0.717, 1.165) is 0 Å². The van der Waals surface area contributed by atoms with Crippen molar-refractivity contribution in [1.82, 2.24) is 10.2 Å². The average molecular weight is 331 g/mol. The van der Waals surface area contributed by atoms with Crippen molar-refractivity contribution in [3.63, 3.8) is 0 Å². The number of likely N-dealkylation sites (tertiary alicyclic amines) is 1. The Morgan fingerprint density at radius 2 is 2.11 bits per heavy atom. The topological polar surface area (TPSA) is 82.8 Å². The molecule has 1 aromatic rings. The summed E-state index contributed by atoms with van der Waals surface area (Å²) in [6, 6.07) is 3.14. The lowest BCUT2D eigenvalue weighted by Gasteiger charge is -2.29. The molecule has 2 heterocycles. The van der Waals surface area contributed by atoms with Gasteiger partial charge >= 0.3 is 0 Å². The summed E-state index contributed by atoms with van der Waals surface area (Å²) in [5.41, 5.74) is 0. The summed E-state index contributed by atoms with van der Waals surface area (Å²) in [5.74, 6) is -0.407. The molecule has 1 aliphatic rings. The fraction of sp³-hybridized carbons (Fsp3) is 0.500. The first-order chi connectivity index (χ1) is 9.06. The Labute approximate surface area is 118 Å². The number of piperidine rings is 1. The van der Waals surface area contributed by atoms with E-state index in [1.54, 1.807) is 11.0 Å². The maximum absolute atomic E-state index is 11.8. The third-order valence-corrected chi connectivity index (χ3v) is 3.44. The predicted molar refractivity (Wildman–Crippen MR) is 70.6 cm³/mol. The molecular formula is C12H15BrN2O4. The molecule has 0 bridgehead atoms. The van der Waals surface area contributed by atoms with Gasteiger partial charge < -0.3 is 19.7 Å². The Bertz CT molecular complexity index is 466. The first-order valence-corrected chi connectivity index (χ1v) is 6.85. The van der Waals surface area contributed by atoms with E-state index in [4.69, 9.17) is 4.42 Å². The van der Waals surface area contributed by atoms with E-state index in [1.165, 1.54) is 6.07 Å². The normalized spacial score (nSPS) is 16.4. The number of amides is 2. The minimum atomic E-state index is -0.420. The van der Waals surface area contributed by atoms with Gasteiger partial charge in [-0.1, -0.05) is 0 Å². The van der Waals surface area contributed by atoms with Crippen LogP contribution in [0.2, 0.25) is 0 Å². The fourth-order valence-corrected chi connectivity index (χ4v) is 2.21. The minimum Gasteiger partial charge on any atom is -0.444 e. The Balaban J connectivity index is 1.79. The van der Waals surface area contributed by atoms with Gasteiger partial charge in [-0.25, -0.2) is 0 Å². The lowest BCUT2D eigenvalue weighted by Crippen LogP contribution is -2.45. The highest BCUT2D eigenvalue weighted by molar-refractivity contribution is 9.10. The summed E-state index contributed by atoms with van der Waals surface area (Å²) in [7, 11) is 0. The molecule has 2 rings (SSSR count). The van der Waals surface area contributed by atoms with E-state index >= 15 is 0 Å². The van der Waals surface area contributed by atoms with Gasteiger partial charge in [0.15, 0.2) is 10.4 Å². The second-order valence-corrected chi connectivity index (χ2v) is 5.18. The first kappa shape index (κ1) is 14.1. The van der Waals surface area contributed by atoms with E-state index in [0.29, 0.717) is 30.6 Å². The second kappa shape index (κ2) is 6.21. The standard InChI is InChI=1S/C12H15BrN2O4/c13-10-2-1-9(19-10)12(18)14-7-11(17)15-5-3-8(16)4-6-15/h1-2,8,16H,3-7H2,(H,14,18). The third kappa shape index (κ3) is 3.81. The smallest absolute Gasteiger partial charge is 0.287 e. The van der Waals surface area contributed by atoms with Crippen molar-refractivity contribution < 1.29 is 19.1 Å². The van der Waals surface area contributed by atoms with Gasteiger partial charge in [0.2, 0.25) is 5.91 Å². The number of hydrogen-bond donors (Lipinski definition) is 2. The van der Waals surface area contributed by atoms with Crippen LogP contribution in [0.25, 0.3) is 0 Å². The molecule has 1 aromatic heterocycles. The van der Waals surface area contributed by atoms with Gasteiger partial charge in [-0.15, -0.1) is 0 Å². The number of furan rings is 1. The van der Waals surface area contributed by atoms with Crippen LogP contribution in [0, 0.1) is 0 Å². The molecule has 6 nitrogen and oxygen atoms in total. The van der Waals surface area contributed by atoms with Gasteiger partial charge in [0.1, 0.15) is 0 Å². The van der Waals surface area contributed by atoms with Gasteiger partial charge in [0.05, 0.1) is 12.6 Å². The zero-order chi connectivity index (χ0) is 13.8. The highest BCUT2D eigenvalue weighted by atomic mass is 79.9. The first-order valence-electron chi connectivity index (χ1n) is 6.05. The summed E-state index contributed by atoms with van der Waals surface area (Å²) in [6.07, 6.45) is 0.856. The number of carbonyl (C=O) groups is 2. The largest absolute Gasteiger partial charge is 0.444 e. The van der Waals surface area contributed by atoms with Crippen molar-refractivity contribution in [2.45, 2.75) is 18.9 Å². The summed E-state index contributed by atoms with van der Waals surface area (Å²) >= 11 is 3.10. The number of rotatable bonds is 3. The van der Waals surface area contributed by atoms with E-state index in [1.807, 2.05) is 0 Å². The third-order valence-electron chi connectivity index (χ3n) is 3.01. The molecule has 0 unspecified atom stereocenters.